The molecule has 2 rings (SSSR count). The molecule has 0 radical (unpaired) electrons. The molecule has 4 heteroatoms. The van der Waals surface area contributed by atoms with Crippen LogP contribution < -0.4 is 10.2 Å². The molecule has 1 aromatic carbocycles. The smallest absolute Gasteiger partial charge is 0.0426 e. The Labute approximate surface area is 134 Å². The lowest BCUT2D eigenvalue weighted by atomic mass is 10.0. The number of benzene rings is 1. The van der Waals surface area contributed by atoms with E-state index in [-0.39, 0.29) is 0 Å². The van der Waals surface area contributed by atoms with Crippen molar-refractivity contribution in [1.29, 1.82) is 0 Å². The van der Waals surface area contributed by atoms with Crippen molar-refractivity contribution in [1.82, 2.24) is 10.2 Å². The van der Waals surface area contributed by atoms with Crippen LogP contribution in [0.2, 0.25) is 5.02 Å². The van der Waals surface area contributed by atoms with Gasteiger partial charge in [-0.3, -0.25) is 0 Å². The first kappa shape index (κ1) is 16.6. The Hall–Kier alpha value is -0.770. The van der Waals surface area contributed by atoms with E-state index in [2.05, 4.69) is 55.2 Å². The maximum absolute atomic E-state index is 6.22. The molecule has 1 heterocycles. The Morgan fingerprint density at radius 2 is 1.95 bits per heavy atom. The van der Waals surface area contributed by atoms with Crippen LogP contribution in [0.15, 0.2) is 18.2 Å². The van der Waals surface area contributed by atoms with E-state index >= 15 is 0 Å². The van der Waals surface area contributed by atoms with Crippen molar-refractivity contribution < 1.29 is 0 Å². The van der Waals surface area contributed by atoms with Gasteiger partial charge in [0, 0.05) is 42.4 Å². The van der Waals surface area contributed by atoms with E-state index in [1.807, 2.05) is 6.07 Å². The van der Waals surface area contributed by atoms with Crippen molar-refractivity contribution in [2.45, 2.75) is 45.3 Å². The van der Waals surface area contributed by atoms with E-state index < -0.39 is 0 Å². The Morgan fingerprint density at radius 1 is 1.29 bits per heavy atom. The van der Waals surface area contributed by atoms with Crippen molar-refractivity contribution in [3.8, 4) is 0 Å². The Bertz CT molecular complexity index is 451. The van der Waals surface area contributed by atoms with E-state index in [1.165, 1.54) is 24.1 Å². The Kier molecular flexibility index (Phi) is 5.91. The second kappa shape index (κ2) is 7.48. The molecule has 0 saturated carbocycles. The van der Waals surface area contributed by atoms with Crippen LogP contribution in [-0.4, -0.2) is 44.2 Å². The molecule has 0 amide bonds. The summed E-state index contributed by atoms with van der Waals surface area (Å²) in [7, 11) is 4.36. The highest BCUT2D eigenvalue weighted by molar-refractivity contribution is 6.30. The minimum Gasteiger partial charge on any atom is -0.371 e. The second-order valence-electron chi connectivity index (χ2n) is 6.49. The van der Waals surface area contributed by atoms with Gasteiger partial charge in [0.25, 0.3) is 0 Å². The van der Waals surface area contributed by atoms with E-state index in [0.717, 1.165) is 24.7 Å². The molecule has 0 bridgehead atoms. The number of halogens is 1. The number of anilines is 1. The molecule has 0 atom stereocenters. The maximum atomic E-state index is 6.22. The first-order valence-corrected chi connectivity index (χ1v) is 8.28. The normalized spacial score (nSPS) is 17.0. The molecule has 1 aromatic rings. The van der Waals surface area contributed by atoms with Crippen LogP contribution in [-0.2, 0) is 6.54 Å². The fraction of sp³-hybridized carbons (Fsp3) is 0.647. The monoisotopic (exact) mass is 309 g/mol. The summed E-state index contributed by atoms with van der Waals surface area (Å²) in [5, 5.41) is 4.34. The minimum atomic E-state index is 0.494. The summed E-state index contributed by atoms with van der Waals surface area (Å²) in [5.74, 6) is 0. The minimum absolute atomic E-state index is 0.494. The third-order valence-electron chi connectivity index (χ3n) is 4.28. The summed E-state index contributed by atoms with van der Waals surface area (Å²) in [6.45, 7) is 7.48. The molecule has 1 saturated heterocycles. The highest BCUT2D eigenvalue weighted by Crippen LogP contribution is 2.28. The third-order valence-corrected chi connectivity index (χ3v) is 4.52. The van der Waals surface area contributed by atoms with E-state index in [9.17, 15) is 0 Å². The molecule has 1 aliphatic heterocycles. The molecule has 0 unspecified atom stereocenters. The van der Waals surface area contributed by atoms with Crippen LogP contribution in [0.1, 0.15) is 32.3 Å². The summed E-state index contributed by atoms with van der Waals surface area (Å²) < 4.78 is 0. The van der Waals surface area contributed by atoms with Crippen molar-refractivity contribution >= 4 is 17.3 Å². The fourth-order valence-corrected chi connectivity index (χ4v) is 3.08. The zero-order valence-electron chi connectivity index (χ0n) is 13.7. The molecule has 1 aliphatic rings. The van der Waals surface area contributed by atoms with E-state index in [1.54, 1.807) is 0 Å². The van der Waals surface area contributed by atoms with Crippen LogP contribution in [0.4, 0.5) is 5.69 Å². The van der Waals surface area contributed by atoms with Crippen LogP contribution in [0.25, 0.3) is 0 Å². The van der Waals surface area contributed by atoms with E-state index in [4.69, 9.17) is 11.6 Å². The lowest BCUT2D eigenvalue weighted by Crippen LogP contribution is -2.42. The van der Waals surface area contributed by atoms with Gasteiger partial charge in [0.2, 0.25) is 0 Å². The van der Waals surface area contributed by atoms with Crippen LogP contribution in [0, 0.1) is 0 Å². The summed E-state index contributed by atoms with van der Waals surface area (Å²) in [6.07, 6.45) is 2.44. The molecule has 21 heavy (non-hydrogen) atoms. The standard InChI is InChI=1S/C17H28ClN3/c1-13(2)19-12-14-5-6-15(18)11-17(14)21-9-7-16(8-10-21)20(3)4/h5-6,11,13,16,19H,7-10,12H2,1-4H3. The first-order chi connectivity index (χ1) is 9.97. The first-order valence-electron chi connectivity index (χ1n) is 7.90. The molecule has 0 spiro atoms. The van der Waals surface area contributed by atoms with Gasteiger partial charge >= 0.3 is 0 Å². The Balaban J connectivity index is 2.09. The summed E-state index contributed by atoms with van der Waals surface area (Å²) in [5.41, 5.74) is 2.64. The van der Waals surface area contributed by atoms with E-state index in [0.29, 0.717) is 12.1 Å². The van der Waals surface area contributed by atoms with Gasteiger partial charge in [0.1, 0.15) is 0 Å². The predicted molar refractivity (Wildman–Crippen MR) is 92.3 cm³/mol. The predicted octanol–water partition coefficient (Wildman–Crippen LogP) is 3.37. The summed E-state index contributed by atoms with van der Waals surface area (Å²) >= 11 is 6.22. The lowest BCUT2D eigenvalue weighted by Gasteiger charge is -2.37. The second-order valence-corrected chi connectivity index (χ2v) is 6.93. The van der Waals surface area contributed by atoms with Crippen molar-refractivity contribution in [2.75, 3.05) is 32.1 Å². The quantitative estimate of drug-likeness (QED) is 0.899. The van der Waals surface area contributed by atoms with Gasteiger partial charge in [-0.05, 0) is 44.6 Å². The molecule has 0 aromatic heterocycles. The molecular weight excluding hydrogens is 282 g/mol. The summed E-state index contributed by atoms with van der Waals surface area (Å²) in [4.78, 5) is 4.83. The average Bonchev–Trinajstić information content (AvgIpc) is 2.46. The molecule has 118 valence electrons. The van der Waals surface area contributed by atoms with Gasteiger partial charge in [-0.1, -0.05) is 31.5 Å². The summed E-state index contributed by atoms with van der Waals surface area (Å²) in [6, 6.07) is 7.47. The van der Waals surface area contributed by atoms with Gasteiger partial charge in [0.05, 0.1) is 0 Å². The number of piperidine rings is 1. The number of hydrogen-bond donors (Lipinski definition) is 1. The van der Waals surface area contributed by atoms with Gasteiger partial charge < -0.3 is 15.1 Å². The number of hydrogen-bond acceptors (Lipinski definition) is 3. The maximum Gasteiger partial charge on any atom is 0.0426 e. The topological polar surface area (TPSA) is 18.5 Å². The van der Waals surface area contributed by atoms with Crippen LogP contribution >= 0.6 is 11.6 Å². The highest BCUT2D eigenvalue weighted by Gasteiger charge is 2.22. The molecule has 0 aliphatic carbocycles. The van der Waals surface area contributed by atoms with Crippen molar-refractivity contribution in [2.24, 2.45) is 0 Å². The molecule has 1 N–H and O–H groups in total. The Morgan fingerprint density at radius 3 is 2.52 bits per heavy atom. The molecule has 1 fully saturated rings. The number of rotatable bonds is 5. The molecule has 3 nitrogen and oxygen atoms in total. The van der Waals surface area contributed by atoms with Crippen LogP contribution in [0.5, 0.6) is 0 Å². The molecular formula is C17H28ClN3. The fourth-order valence-electron chi connectivity index (χ4n) is 2.92. The number of nitrogens with zero attached hydrogens (tertiary/aromatic N) is 2. The lowest BCUT2D eigenvalue weighted by molar-refractivity contribution is 0.249. The third kappa shape index (κ3) is 4.60. The van der Waals surface area contributed by atoms with Crippen LogP contribution in [0.3, 0.4) is 0 Å². The largest absolute Gasteiger partial charge is 0.371 e. The van der Waals surface area contributed by atoms with Gasteiger partial charge in [0.15, 0.2) is 0 Å². The van der Waals surface area contributed by atoms with Crippen molar-refractivity contribution in [3.05, 3.63) is 28.8 Å². The van der Waals surface area contributed by atoms with Gasteiger partial charge in [-0.2, -0.15) is 0 Å². The average molecular weight is 310 g/mol. The van der Waals surface area contributed by atoms with Gasteiger partial charge in [-0.15, -0.1) is 0 Å². The SMILES string of the molecule is CC(C)NCc1ccc(Cl)cc1N1CCC(N(C)C)CC1. The van der Waals surface area contributed by atoms with Crippen molar-refractivity contribution in [3.63, 3.8) is 0 Å². The zero-order chi connectivity index (χ0) is 15.4. The highest BCUT2D eigenvalue weighted by atomic mass is 35.5. The zero-order valence-corrected chi connectivity index (χ0v) is 14.5. The number of nitrogens with one attached hydrogen (secondary N) is 1. The van der Waals surface area contributed by atoms with Gasteiger partial charge in [-0.25, -0.2) is 0 Å².